The molecule has 0 aromatic heterocycles. The minimum Gasteiger partial charge on any atom is -0.396 e. The number of aliphatic hydroxyl groups excluding tert-OH is 1. The molecule has 0 saturated heterocycles. The van der Waals surface area contributed by atoms with Gasteiger partial charge in [-0.1, -0.05) is 42.5 Å². The van der Waals surface area contributed by atoms with Gasteiger partial charge in [-0.2, -0.15) is 0 Å². The number of hydrogen-bond donors (Lipinski definition) is 3. The lowest BCUT2D eigenvalue weighted by Gasteiger charge is -2.18. The van der Waals surface area contributed by atoms with E-state index in [9.17, 15) is 5.11 Å². The standard InChI is InChI=1S/C19H25N3OS.HI/c1-20-19(21-12-15-8-10-18(24-2)11-9-15)22-13-17(14-23)16-6-4-3-5-7-16;/h3-11,17,23H,12-14H2,1-2H3,(H2,20,21,22);1H. The number of nitrogens with zero attached hydrogens (tertiary/aromatic N) is 1. The lowest BCUT2D eigenvalue weighted by Crippen LogP contribution is -2.39. The normalized spacial score (nSPS) is 12.2. The van der Waals surface area contributed by atoms with Gasteiger partial charge in [0.25, 0.3) is 0 Å². The topological polar surface area (TPSA) is 56.7 Å². The highest BCUT2D eigenvalue weighted by atomic mass is 127. The molecule has 0 aliphatic carbocycles. The van der Waals surface area contributed by atoms with Gasteiger partial charge in [0.2, 0.25) is 0 Å². The number of halogens is 1. The number of aliphatic imine (C=N–C) groups is 1. The van der Waals surface area contributed by atoms with E-state index in [1.54, 1.807) is 18.8 Å². The van der Waals surface area contributed by atoms with Crippen LogP contribution < -0.4 is 10.6 Å². The largest absolute Gasteiger partial charge is 0.396 e. The zero-order chi connectivity index (χ0) is 17.2. The van der Waals surface area contributed by atoms with Crippen molar-refractivity contribution in [2.45, 2.75) is 17.4 Å². The molecule has 3 N–H and O–H groups in total. The number of rotatable bonds is 7. The number of benzene rings is 2. The number of nitrogens with one attached hydrogen (secondary N) is 2. The van der Waals surface area contributed by atoms with Crippen LogP contribution in [-0.4, -0.2) is 37.5 Å². The highest BCUT2D eigenvalue weighted by molar-refractivity contribution is 14.0. The number of aliphatic hydroxyl groups is 1. The molecule has 0 aliphatic rings. The van der Waals surface area contributed by atoms with Gasteiger partial charge in [0, 0.05) is 31.0 Å². The fraction of sp³-hybridized carbons (Fsp3) is 0.316. The molecule has 6 heteroatoms. The molecule has 136 valence electrons. The van der Waals surface area contributed by atoms with Gasteiger partial charge in [-0.05, 0) is 29.5 Å². The van der Waals surface area contributed by atoms with E-state index in [0.29, 0.717) is 13.1 Å². The third-order valence-electron chi connectivity index (χ3n) is 3.85. The summed E-state index contributed by atoms with van der Waals surface area (Å²) in [5.74, 6) is 0.781. The van der Waals surface area contributed by atoms with Crippen LogP contribution in [0.3, 0.4) is 0 Å². The summed E-state index contributed by atoms with van der Waals surface area (Å²) in [4.78, 5) is 5.50. The summed E-state index contributed by atoms with van der Waals surface area (Å²) in [6.07, 6.45) is 2.07. The summed E-state index contributed by atoms with van der Waals surface area (Å²) < 4.78 is 0. The van der Waals surface area contributed by atoms with E-state index in [-0.39, 0.29) is 36.5 Å². The maximum absolute atomic E-state index is 9.62. The molecule has 0 bridgehead atoms. The van der Waals surface area contributed by atoms with Crippen molar-refractivity contribution < 1.29 is 5.11 Å². The second kappa shape index (κ2) is 12.2. The first-order chi connectivity index (χ1) is 11.8. The Morgan fingerprint density at radius 3 is 2.32 bits per heavy atom. The van der Waals surface area contributed by atoms with Crippen molar-refractivity contribution in [3.8, 4) is 0 Å². The fourth-order valence-corrected chi connectivity index (χ4v) is 2.79. The molecule has 0 spiro atoms. The molecule has 1 atom stereocenters. The minimum absolute atomic E-state index is 0. The number of hydrogen-bond acceptors (Lipinski definition) is 3. The summed E-state index contributed by atoms with van der Waals surface area (Å²) in [5.41, 5.74) is 2.33. The molecule has 0 saturated carbocycles. The molecule has 4 nitrogen and oxygen atoms in total. The van der Waals surface area contributed by atoms with Crippen LogP contribution in [0.25, 0.3) is 0 Å². The zero-order valence-corrected chi connectivity index (χ0v) is 17.8. The lowest BCUT2D eigenvalue weighted by molar-refractivity contribution is 0.265. The zero-order valence-electron chi connectivity index (χ0n) is 14.6. The van der Waals surface area contributed by atoms with Crippen LogP contribution in [-0.2, 0) is 6.54 Å². The third kappa shape index (κ3) is 7.25. The smallest absolute Gasteiger partial charge is 0.191 e. The Hall–Kier alpha value is -1.25. The van der Waals surface area contributed by atoms with E-state index < -0.39 is 0 Å². The Bertz CT molecular complexity index is 635. The molecule has 0 heterocycles. The summed E-state index contributed by atoms with van der Waals surface area (Å²) >= 11 is 1.74. The van der Waals surface area contributed by atoms with Crippen molar-refractivity contribution in [1.82, 2.24) is 10.6 Å². The molecular formula is C19H26IN3OS. The molecule has 0 amide bonds. The average Bonchev–Trinajstić information content (AvgIpc) is 2.66. The van der Waals surface area contributed by atoms with Gasteiger partial charge < -0.3 is 15.7 Å². The van der Waals surface area contributed by atoms with Crippen molar-refractivity contribution in [1.29, 1.82) is 0 Å². The van der Waals surface area contributed by atoms with E-state index in [0.717, 1.165) is 11.5 Å². The Labute approximate surface area is 171 Å². The predicted octanol–water partition coefficient (Wildman–Crippen LogP) is 3.47. The number of thioether (sulfide) groups is 1. The van der Waals surface area contributed by atoms with Gasteiger partial charge in [-0.25, -0.2) is 0 Å². The minimum atomic E-state index is 0. The average molecular weight is 471 g/mol. The molecule has 25 heavy (non-hydrogen) atoms. The second-order valence-corrected chi connectivity index (χ2v) is 6.32. The summed E-state index contributed by atoms with van der Waals surface area (Å²) in [5, 5.41) is 16.2. The van der Waals surface area contributed by atoms with Crippen LogP contribution in [0.4, 0.5) is 0 Å². The van der Waals surface area contributed by atoms with E-state index in [1.165, 1.54) is 10.5 Å². The van der Waals surface area contributed by atoms with Gasteiger partial charge in [0.1, 0.15) is 0 Å². The van der Waals surface area contributed by atoms with Gasteiger partial charge in [-0.3, -0.25) is 4.99 Å². The molecule has 1 unspecified atom stereocenters. The molecule has 2 rings (SSSR count). The van der Waals surface area contributed by atoms with Gasteiger partial charge >= 0.3 is 0 Å². The van der Waals surface area contributed by atoms with Crippen molar-refractivity contribution in [2.24, 2.45) is 4.99 Å². The number of guanidine groups is 1. The Morgan fingerprint density at radius 1 is 1.08 bits per heavy atom. The van der Waals surface area contributed by atoms with Crippen LogP contribution in [0, 0.1) is 0 Å². The van der Waals surface area contributed by atoms with E-state index in [4.69, 9.17) is 0 Å². The monoisotopic (exact) mass is 471 g/mol. The van der Waals surface area contributed by atoms with Gasteiger partial charge in [-0.15, -0.1) is 35.7 Å². The van der Waals surface area contributed by atoms with Crippen molar-refractivity contribution >= 4 is 41.7 Å². The van der Waals surface area contributed by atoms with Crippen LogP contribution in [0.15, 0.2) is 64.5 Å². The van der Waals surface area contributed by atoms with Gasteiger partial charge in [0.15, 0.2) is 5.96 Å². The molecule has 2 aromatic rings. The fourth-order valence-electron chi connectivity index (χ4n) is 2.38. The highest BCUT2D eigenvalue weighted by Gasteiger charge is 2.10. The Balaban J connectivity index is 0.00000312. The molecule has 2 aromatic carbocycles. The summed E-state index contributed by atoms with van der Waals surface area (Å²) in [7, 11) is 1.75. The molecule has 0 fully saturated rings. The van der Waals surface area contributed by atoms with E-state index >= 15 is 0 Å². The van der Waals surface area contributed by atoms with Crippen LogP contribution in [0.2, 0.25) is 0 Å². The first-order valence-electron chi connectivity index (χ1n) is 8.00. The van der Waals surface area contributed by atoms with Crippen LogP contribution >= 0.6 is 35.7 Å². The van der Waals surface area contributed by atoms with Crippen LogP contribution in [0.1, 0.15) is 17.0 Å². The summed E-state index contributed by atoms with van der Waals surface area (Å²) in [6.45, 7) is 1.44. The van der Waals surface area contributed by atoms with E-state index in [1.807, 2.05) is 30.3 Å². The lowest BCUT2D eigenvalue weighted by atomic mass is 10.0. The maximum Gasteiger partial charge on any atom is 0.191 e. The van der Waals surface area contributed by atoms with Crippen LogP contribution in [0.5, 0.6) is 0 Å². The maximum atomic E-state index is 9.62. The van der Waals surface area contributed by atoms with Gasteiger partial charge in [0.05, 0.1) is 6.61 Å². The second-order valence-electron chi connectivity index (χ2n) is 5.44. The summed E-state index contributed by atoms with van der Waals surface area (Å²) in [6, 6.07) is 18.5. The molecule has 0 aliphatic heterocycles. The molecule has 0 radical (unpaired) electrons. The quantitative estimate of drug-likeness (QED) is 0.251. The van der Waals surface area contributed by atoms with Crippen molar-refractivity contribution in [3.63, 3.8) is 0 Å². The van der Waals surface area contributed by atoms with E-state index in [2.05, 4.69) is 46.1 Å². The Morgan fingerprint density at radius 2 is 1.76 bits per heavy atom. The van der Waals surface area contributed by atoms with Crippen molar-refractivity contribution in [2.75, 3.05) is 26.5 Å². The third-order valence-corrected chi connectivity index (χ3v) is 4.59. The highest BCUT2D eigenvalue weighted by Crippen LogP contribution is 2.15. The predicted molar refractivity (Wildman–Crippen MR) is 118 cm³/mol. The van der Waals surface area contributed by atoms with Crippen molar-refractivity contribution in [3.05, 3.63) is 65.7 Å². The first-order valence-corrected chi connectivity index (χ1v) is 9.22. The Kier molecular flexibility index (Phi) is 10.6. The first kappa shape index (κ1) is 21.8. The SMILES string of the molecule is CN=C(NCc1ccc(SC)cc1)NCC(CO)c1ccccc1.I. The molecular weight excluding hydrogens is 445 g/mol.